The number of hydrogen-bond donors (Lipinski definition) is 3. The molecule has 0 saturated carbocycles. The molecule has 3 aromatic carbocycles. The molecule has 0 unspecified atom stereocenters. The molecule has 0 atom stereocenters. The van der Waals surface area contributed by atoms with E-state index in [0.717, 1.165) is 22.3 Å². The predicted molar refractivity (Wildman–Crippen MR) is 132 cm³/mol. The molecule has 0 spiro atoms. The number of carboxylic acids is 1. The molecule has 0 amide bonds. The summed E-state index contributed by atoms with van der Waals surface area (Å²) in [4.78, 5) is 25.5. The van der Waals surface area contributed by atoms with Gasteiger partial charge in [0.2, 0.25) is 0 Å². The molecule has 0 aliphatic carbocycles. The molecule has 0 bridgehead atoms. The largest absolute Gasteiger partial charge is 0.508 e. The maximum absolute atomic E-state index is 13.4. The average molecular weight is 475 g/mol. The van der Waals surface area contributed by atoms with Crippen LogP contribution in [0.1, 0.15) is 87.4 Å². The van der Waals surface area contributed by atoms with Gasteiger partial charge in [-0.15, -0.1) is 0 Å². The first kappa shape index (κ1) is 24.3. The Morgan fingerprint density at radius 2 is 1.23 bits per heavy atom. The van der Waals surface area contributed by atoms with Gasteiger partial charge in [0.05, 0.1) is 11.1 Å². The topological polar surface area (TPSA) is 104 Å². The quantitative estimate of drug-likeness (QED) is 0.390. The van der Waals surface area contributed by atoms with Crippen molar-refractivity contribution in [2.45, 2.75) is 59.0 Å². The Hall–Kier alpha value is -3.80. The van der Waals surface area contributed by atoms with Crippen LogP contribution in [0.2, 0.25) is 0 Å². The van der Waals surface area contributed by atoms with Crippen molar-refractivity contribution in [1.82, 2.24) is 0 Å². The highest BCUT2D eigenvalue weighted by atomic mass is 16.6. The number of fused-ring (bicyclic) bond motifs is 1. The molecule has 1 aliphatic heterocycles. The van der Waals surface area contributed by atoms with Gasteiger partial charge in [0.15, 0.2) is 5.60 Å². The summed E-state index contributed by atoms with van der Waals surface area (Å²) in [5, 5.41) is 31.1. The van der Waals surface area contributed by atoms with Crippen molar-refractivity contribution in [2.24, 2.45) is 0 Å². The molecule has 0 fully saturated rings. The van der Waals surface area contributed by atoms with Crippen LogP contribution in [-0.4, -0.2) is 27.3 Å². The lowest BCUT2D eigenvalue weighted by atomic mass is 9.73. The molecule has 1 heterocycles. The summed E-state index contributed by atoms with van der Waals surface area (Å²) in [5.74, 6) is -1.58. The van der Waals surface area contributed by atoms with Gasteiger partial charge in [-0.05, 0) is 66.1 Å². The first-order chi connectivity index (χ1) is 16.8. The van der Waals surface area contributed by atoms with Crippen LogP contribution in [-0.2, 0) is 36.0 Å². The van der Waals surface area contributed by atoms with Crippen molar-refractivity contribution in [3.8, 4) is 11.5 Å². The molecule has 0 aromatic heterocycles. The summed E-state index contributed by atoms with van der Waals surface area (Å²) in [6.07, 6.45) is 2.29. The third-order valence-electron chi connectivity index (χ3n) is 7.11. The van der Waals surface area contributed by atoms with Gasteiger partial charge in [0.1, 0.15) is 11.5 Å². The van der Waals surface area contributed by atoms with E-state index in [2.05, 4.69) is 0 Å². The standard InChI is InChI=1S/C29H30O6/c1-5-16-18(7-3)24(30)14-12-21(16)29(22-13-15-25(31)19(8-4)17(22)6-2)23-11-9-10-20(27(32)33)26(23)28(34)35-29/h9-15,30-31H,5-8H2,1-4H3,(H,32,33). The lowest BCUT2D eigenvalue weighted by Gasteiger charge is -2.35. The molecule has 1 aliphatic rings. The molecule has 0 saturated heterocycles. The molecule has 6 heteroatoms. The minimum Gasteiger partial charge on any atom is -0.508 e. The highest BCUT2D eigenvalue weighted by Gasteiger charge is 2.52. The Kier molecular flexibility index (Phi) is 6.32. The van der Waals surface area contributed by atoms with Crippen molar-refractivity contribution < 1.29 is 29.6 Å². The Morgan fingerprint density at radius 3 is 1.66 bits per heavy atom. The Bertz CT molecular complexity index is 1280. The van der Waals surface area contributed by atoms with Crippen LogP contribution < -0.4 is 0 Å². The molecule has 3 aromatic rings. The summed E-state index contributed by atoms with van der Waals surface area (Å²) in [6.45, 7) is 7.86. The fraction of sp³-hybridized carbons (Fsp3) is 0.310. The normalized spacial score (nSPS) is 14.0. The van der Waals surface area contributed by atoms with Gasteiger partial charge in [-0.25, -0.2) is 9.59 Å². The minimum atomic E-state index is -1.43. The number of esters is 1. The highest BCUT2D eigenvalue weighted by molar-refractivity contribution is 6.06. The number of hydrogen-bond acceptors (Lipinski definition) is 5. The van der Waals surface area contributed by atoms with Crippen molar-refractivity contribution in [1.29, 1.82) is 0 Å². The van der Waals surface area contributed by atoms with E-state index in [1.54, 1.807) is 36.4 Å². The first-order valence-electron chi connectivity index (χ1n) is 12.0. The number of aromatic carboxylic acids is 1. The van der Waals surface area contributed by atoms with E-state index < -0.39 is 17.5 Å². The van der Waals surface area contributed by atoms with E-state index in [4.69, 9.17) is 4.74 Å². The second-order valence-electron chi connectivity index (χ2n) is 8.70. The smallest absolute Gasteiger partial charge is 0.341 e. The number of rotatable bonds is 7. The minimum absolute atomic E-state index is 0.0290. The average Bonchev–Trinajstić information content (AvgIpc) is 3.16. The fourth-order valence-electron chi connectivity index (χ4n) is 5.65. The van der Waals surface area contributed by atoms with E-state index in [9.17, 15) is 24.9 Å². The fourth-order valence-corrected chi connectivity index (χ4v) is 5.65. The van der Waals surface area contributed by atoms with Gasteiger partial charge in [-0.1, -0.05) is 52.0 Å². The lowest BCUT2D eigenvalue weighted by molar-refractivity contribution is 0.0244. The molecular weight excluding hydrogens is 444 g/mol. The van der Waals surface area contributed by atoms with Crippen LogP contribution in [0.15, 0.2) is 42.5 Å². The van der Waals surface area contributed by atoms with Crippen molar-refractivity contribution in [3.05, 3.63) is 92.5 Å². The van der Waals surface area contributed by atoms with E-state index in [1.807, 2.05) is 27.7 Å². The van der Waals surface area contributed by atoms with E-state index >= 15 is 0 Å². The lowest BCUT2D eigenvalue weighted by Crippen LogP contribution is -2.33. The van der Waals surface area contributed by atoms with Gasteiger partial charge in [-0.2, -0.15) is 0 Å². The highest BCUT2D eigenvalue weighted by Crippen LogP contribution is 2.52. The maximum atomic E-state index is 13.4. The molecule has 35 heavy (non-hydrogen) atoms. The van der Waals surface area contributed by atoms with E-state index in [1.165, 1.54) is 6.07 Å². The number of carbonyl (C=O) groups excluding carboxylic acids is 1. The molecular formula is C29H30O6. The summed E-state index contributed by atoms with van der Waals surface area (Å²) < 4.78 is 6.28. The van der Waals surface area contributed by atoms with Gasteiger partial charge < -0.3 is 20.1 Å². The van der Waals surface area contributed by atoms with Crippen molar-refractivity contribution >= 4 is 11.9 Å². The van der Waals surface area contributed by atoms with E-state index in [0.29, 0.717) is 42.4 Å². The van der Waals surface area contributed by atoms with Crippen molar-refractivity contribution in [2.75, 3.05) is 0 Å². The number of ether oxygens (including phenoxy) is 1. The summed E-state index contributed by atoms with van der Waals surface area (Å²) in [5.41, 5.74) is 3.53. The van der Waals surface area contributed by atoms with Crippen LogP contribution in [0.5, 0.6) is 11.5 Å². The molecule has 182 valence electrons. The van der Waals surface area contributed by atoms with Gasteiger partial charge in [0, 0.05) is 16.7 Å². The zero-order valence-corrected chi connectivity index (χ0v) is 20.4. The summed E-state index contributed by atoms with van der Waals surface area (Å²) >= 11 is 0. The molecule has 3 N–H and O–H groups in total. The SMILES string of the molecule is CCc1c(O)ccc(C2(c3ccc(O)c(CC)c3CC)OC(=O)c3c(C(=O)O)cccc32)c1CC. The number of cyclic esters (lactones) is 1. The number of carboxylic acid groups (broad SMARTS) is 1. The molecule has 6 nitrogen and oxygen atoms in total. The summed E-state index contributed by atoms with van der Waals surface area (Å²) in [6, 6.07) is 11.5. The van der Waals surface area contributed by atoms with Crippen LogP contribution >= 0.6 is 0 Å². The third kappa shape index (κ3) is 3.47. The summed E-state index contributed by atoms with van der Waals surface area (Å²) in [7, 11) is 0. The van der Waals surface area contributed by atoms with Crippen LogP contribution in [0.4, 0.5) is 0 Å². The molecule has 4 rings (SSSR count). The Morgan fingerprint density at radius 1 is 0.743 bits per heavy atom. The Balaban J connectivity index is 2.23. The van der Waals surface area contributed by atoms with Crippen LogP contribution in [0, 0.1) is 0 Å². The van der Waals surface area contributed by atoms with E-state index in [-0.39, 0.29) is 22.6 Å². The number of phenolic OH excluding ortho intramolecular Hbond substituents is 2. The van der Waals surface area contributed by atoms with Crippen LogP contribution in [0.25, 0.3) is 0 Å². The second kappa shape index (κ2) is 9.10. The number of benzene rings is 3. The number of carbonyl (C=O) groups is 2. The first-order valence-corrected chi connectivity index (χ1v) is 12.0. The zero-order valence-electron chi connectivity index (χ0n) is 20.4. The van der Waals surface area contributed by atoms with Crippen LogP contribution in [0.3, 0.4) is 0 Å². The van der Waals surface area contributed by atoms with Gasteiger partial charge in [0.25, 0.3) is 0 Å². The Labute approximate surface area is 204 Å². The monoisotopic (exact) mass is 474 g/mol. The maximum Gasteiger partial charge on any atom is 0.341 e. The van der Waals surface area contributed by atoms with Gasteiger partial charge in [-0.3, -0.25) is 0 Å². The zero-order chi connectivity index (χ0) is 25.5. The second-order valence-corrected chi connectivity index (χ2v) is 8.70. The molecule has 0 radical (unpaired) electrons. The number of phenols is 2. The van der Waals surface area contributed by atoms with Gasteiger partial charge >= 0.3 is 11.9 Å². The third-order valence-corrected chi connectivity index (χ3v) is 7.11. The number of aromatic hydroxyl groups is 2. The predicted octanol–water partition coefficient (Wildman–Crippen LogP) is 5.51. The van der Waals surface area contributed by atoms with Crippen molar-refractivity contribution in [3.63, 3.8) is 0 Å².